The lowest BCUT2D eigenvalue weighted by molar-refractivity contribution is -0.385. The van der Waals surface area contributed by atoms with E-state index in [1.54, 1.807) is 6.07 Å². The summed E-state index contributed by atoms with van der Waals surface area (Å²) < 4.78 is 5.10. The molecule has 2 rings (SSSR count). The van der Waals surface area contributed by atoms with Gasteiger partial charge in [0.05, 0.1) is 18.5 Å². The molecule has 1 aromatic carbocycles. The maximum absolute atomic E-state index is 12.3. The predicted molar refractivity (Wildman–Crippen MR) is 91.2 cm³/mol. The van der Waals surface area contributed by atoms with Gasteiger partial charge >= 0.3 is 0 Å². The minimum atomic E-state index is -0.469. The third-order valence-electron chi connectivity index (χ3n) is 4.46. The number of nitro benzene ring substituents is 1. The van der Waals surface area contributed by atoms with Gasteiger partial charge in [-0.3, -0.25) is 14.9 Å². The Balaban J connectivity index is 1.96. The summed E-state index contributed by atoms with van der Waals surface area (Å²) >= 11 is 0. The Morgan fingerprint density at radius 2 is 2.08 bits per heavy atom. The number of carbonyl (C=O) groups excluding carboxylic acids is 1. The Hall–Kier alpha value is -2.15. The molecule has 0 aromatic heterocycles. The molecule has 1 fully saturated rings. The standard InChI is InChI=1S/C17H25N3O4/c1-12(2)19-8-6-14(7-9-19)18-17(21)11-13-10-15(24-3)4-5-16(13)20(22)23/h4-5,10,12,14H,6-9,11H2,1-3H3,(H,18,21). The molecular formula is C17H25N3O4. The summed E-state index contributed by atoms with van der Waals surface area (Å²) in [5.74, 6) is 0.322. The maximum Gasteiger partial charge on any atom is 0.273 e. The fraction of sp³-hybridized carbons (Fsp3) is 0.588. The summed E-state index contributed by atoms with van der Waals surface area (Å²) in [6.07, 6.45) is 1.80. The second-order valence-corrected chi connectivity index (χ2v) is 6.40. The highest BCUT2D eigenvalue weighted by Crippen LogP contribution is 2.24. The van der Waals surface area contributed by atoms with Crippen LogP contribution in [0.5, 0.6) is 5.75 Å². The van der Waals surface area contributed by atoms with Crippen LogP contribution in [0.1, 0.15) is 32.3 Å². The molecule has 0 radical (unpaired) electrons. The Kier molecular flexibility index (Phi) is 6.14. The van der Waals surface area contributed by atoms with Crippen molar-refractivity contribution >= 4 is 11.6 Å². The minimum Gasteiger partial charge on any atom is -0.497 e. The molecule has 0 atom stereocenters. The molecule has 7 nitrogen and oxygen atoms in total. The van der Waals surface area contributed by atoms with Gasteiger partial charge in [-0.1, -0.05) is 0 Å². The summed E-state index contributed by atoms with van der Waals surface area (Å²) in [5, 5.41) is 14.1. The second-order valence-electron chi connectivity index (χ2n) is 6.40. The third-order valence-corrected chi connectivity index (χ3v) is 4.46. The normalized spacial score (nSPS) is 16.2. The average molecular weight is 335 g/mol. The molecule has 0 unspecified atom stereocenters. The van der Waals surface area contributed by atoms with Crippen LogP contribution in [0.25, 0.3) is 0 Å². The second kappa shape index (κ2) is 8.10. The van der Waals surface area contributed by atoms with Crippen molar-refractivity contribution < 1.29 is 14.5 Å². The number of hydrogen-bond acceptors (Lipinski definition) is 5. The fourth-order valence-corrected chi connectivity index (χ4v) is 3.02. The van der Waals surface area contributed by atoms with Gasteiger partial charge in [0.25, 0.3) is 5.69 Å². The fourth-order valence-electron chi connectivity index (χ4n) is 3.02. The number of rotatable bonds is 6. The van der Waals surface area contributed by atoms with Gasteiger partial charge in [0, 0.05) is 36.8 Å². The van der Waals surface area contributed by atoms with Gasteiger partial charge in [0.15, 0.2) is 0 Å². The van der Waals surface area contributed by atoms with Crippen LogP contribution in [0.15, 0.2) is 18.2 Å². The molecule has 1 N–H and O–H groups in total. The maximum atomic E-state index is 12.3. The van der Waals surface area contributed by atoms with Gasteiger partial charge in [-0.15, -0.1) is 0 Å². The Morgan fingerprint density at radius 3 is 2.62 bits per heavy atom. The van der Waals surface area contributed by atoms with Crippen LogP contribution in [0.4, 0.5) is 5.69 Å². The predicted octanol–water partition coefficient (Wildman–Crippen LogP) is 2.13. The first-order chi connectivity index (χ1) is 11.4. The largest absolute Gasteiger partial charge is 0.497 e. The molecular weight excluding hydrogens is 310 g/mol. The van der Waals surface area contributed by atoms with Crippen molar-refractivity contribution in [1.29, 1.82) is 0 Å². The number of piperidine rings is 1. The monoisotopic (exact) mass is 335 g/mol. The van der Waals surface area contributed by atoms with Gasteiger partial charge in [-0.2, -0.15) is 0 Å². The Labute approximate surface area is 142 Å². The third kappa shape index (κ3) is 4.67. The molecule has 0 bridgehead atoms. The first kappa shape index (κ1) is 18.2. The Bertz CT molecular complexity index is 595. The molecule has 0 aliphatic carbocycles. The lowest BCUT2D eigenvalue weighted by Gasteiger charge is -2.34. The van der Waals surface area contributed by atoms with Crippen molar-refractivity contribution in [1.82, 2.24) is 10.2 Å². The van der Waals surface area contributed by atoms with E-state index in [4.69, 9.17) is 4.74 Å². The van der Waals surface area contributed by atoms with E-state index in [1.165, 1.54) is 19.2 Å². The molecule has 0 spiro atoms. The number of carbonyl (C=O) groups is 1. The zero-order valence-corrected chi connectivity index (χ0v) is 14.4. The van der Waals surface area contributed by atoms with Crippen LogP contribution in [0, 0.1) is 10.1 Å². The van der Waals surface area contributed by atoms with Gasteiger partial charge in [0.1, 0.15) is 5.75 Å². The quantitative estimate of drug-likeness (QED) is 0.636. The highest BCUT2D eigenvalue weighted by molar-refractivity contribution is 5.80. The number of hydrogen-bond donors (Lipinski definition) is 1. The van der Waals surface area contributed by atoms with Crippen LogP contribution in [-0.2, 0) is 11.2 Å². The van der Waals surface area contributed by atoms with Crippen molar-refractivity contribution in [2.45, 2.75) is 45.2 Å². The van der Waals surface area contributed by atoms with Gasteiger partial charge < -0.3 is 15.0 Å². The van der Waals surface area contributed by atoms with Crippen LogP contribution < -0.4 is 10.1 Å². The summed E-state index contributed by atoms with van der Waals surface area (Å²) in [6.45, 7) is 6.26. The van der Waals surface area contributed by atoms with E-state index in [0.29, 0.717) is 17.4 Å². The lowest BCUT2D eigenvalue weighted by Crippen LogP contribution is -2.47. The Morgan fingerprint density at radius 1 is 1.42 bits per heavy atom. The minimum absolute atomic E-state index is 0.0160. The molecule has 0 saturated carbocycles. The van der Waals surface area contributed by atoms with Crippen molar-refractivity contribution in [3.05, 3.63) is 33.9 Å². The van der Waals surface area contributed by atoms with Crippen molar-refractivity contribution in [2.24, 2.45) is 0 Å². The number of amides is 1. The summed E-state index contributed by atoms with van der Waals surface area (Å²) in [5.41, 5.74) is 0.317. The van der Waals surface area contributed by atoms with Crippen molar-refractivity contribution in [3.63, 3.8) is 0 Å². The number of nitro groups is 1. The molecule has 1 heterocycles. The average Bonchev–Trinajstić information content (AvgIpc) is 2.54. The highest BCUT2D eigenvalue weighted by Gasteiger charge is 2.23. The molecule has 7 heteroatoms. The zero-order chi connectivity index (χ0) is 17.7. The summed E-state index contributed by atoms with van der Waals surface area (Å²) in [4.78, 5) is 25.3. The molecule has 1 aliphatic heterocycles. The first-order valence-corrected chi connectivity index (χ1v) is 8.25. The number of likely N-dealkylation sites (tertiary alicyclic amines) is 1. The molecule has 24 heavy (non-hydrogen) atoms. The van der Waals surface area contributed by atoms with E-state index in [2.05, 4.69) is 24.1 Å². The number of nitrogens with zero attached hydrogens (tertiary/aromatic N) is 2. The van der Waals surface area contributed by atoms with Crippen LogP contribution in [0.2, 0.25) is 0 Å². The van der Waals surface area contributed by atoms with Crippen molar-refractivity contribution in [2.75, 3.05) is 20.2 Å². The van der Waals surface area contributed by atoms with Crippen molar-refractivity contribution in [3.8, 4) is 5.75 Å². The van der Waals surface area contributed by atoms with E-state index in [-0.39, 0.29) is 24.1 Å². The molecule has 1 amide bonds. The first-order valence-electron chi connectivity index (χ1n) is 8.25. The molecule has 1 aliphatic rings. The van der Waals surface area contributed by atoms with Crippen LogP contribution >= 0.6 is 0 Å². The van der Waals surface area contributed by atoms with E-state index >= 15 is 0 Å². The highest BCUT2D eigenvalue weighted by atomic mass is 16.6. The summed E-state index contributed by atoms with van der Waals surface area (Å²) in [6, 6.07) is 5.11. The van der Waals surface area contributed by atoms with E-state index in [0.717, 1.165) is 25.9 Å². The smallest absolute Gasteiger partial charge is 0.273 e. The van der Waals surface area contributed by atoms with E-state index in [1.807, 2.05) is 0 Å². The summed E-state index contributed by atoms with van der Waals surface area (Å²) in [7, 11) is 1.49. The van der Waals surface area contributed by atoms with Crippen LogP contribution in [-0.4, -0.2) is 48.0 Å². The SMILES string of the molecule is COc1ccc([N+](=O)[O-])c(CC(=O)NC2CCN(C(C)C)CC2)c1. The lowest BCUT2D eigenvalue weighted by atomic mass is 10.0. The van der Waals surface area contributed by atoms with Gasteiger partial charge in [-0.25, -0.2) is 0 Å². The van der Waals surface area contributed by atoms with Gasteiger partial charge in [0.2, 0.25) is 5.91 Å². The number of methoxy groups -OCH3 is 1. The molecule has 1 aromatic rings. The van der Waals surface area contributed by atoms with Crippen LogP contribution in [0.3, 0.4) is 0 Å². The number of ether oxygens (including phenoxy) is 1. The van der Waals surface area contributed by atoms with E-state index < -0.39 is 4.92 Å². The van der Waals surface area contributed by atoms with E-state index in [9.17, 15) is 14.9 Å². The zero-order valence-electron chi connectivity index (χ0n) is 14.4. The molecule has 132 valence electrons. The topological polar surface area (TPSA) is 84.7 Å². The molecule has 1 saturated heterocycles. The number of nitrogens with one attached hydrogen (secondary N) is 1. The number of benzene rings is 1. The van der Waals surface area contributed by atoms with Gasteiger partial charge in [-0.05, 0) is 38.8 Å².